The van der Waals surface area contributed by atoms with E-state index in [1.54, 1.807) is 0 Å². The van der Waals surface area contributed by atoms with E-state index in [0.29, 0.717) is 25.7 Å². The molecule has 2 unspecified atom stereocenters. The molecule has 0 saturated heterocycles. The second-order valence-electron chi connectivity index (χ2n) is 29.7. The molecule has 638 valence electrons. The first kappa shape index (κ1) is 106. The molecule has 0 bridgehead atoms. The molecule has 0 radical (unpaired) electrons. The lowest BCUT2D eigenvalue weighted by molar-refractivity contribution is -0.161. The Morgan fingerprint density at radius 2 is 0.491 bits per heavy atom. The number of aliphatic hydroxyl groups is 2. The maximum absolute atomic E-state index is 13.1. The van der Waals surface area contributed by atoms with E-state index in [2.05, 4.69) is 38.3 Å². The van der Waals surface area contributed by atoms with E-state index in [1.165, 1.54) is 240 Å². The zero-order chi connectivity index (χ0) is 79.3. The van der Waals surface area contributed by atoms with Gasteiger partial charge in [-0.2, -0.15) is 0 Å². The standard InChI is InChI=1S/C82H158N2O20P2S2/c1-5-9-13-17-21-25-29-31-33-35-39-42-46-50-54-58-80(90)98-70-76(104-82(92)60-56-52-48-44-40-36-34-32-30-26-22-18-14-10-6-2)72-102-106(95,96)100-68-74(66-86)84-78(88)62-64-108-107-63-61-77(87)83-73(65-85)67-99-105(93,94)101-71-75(103-81(91)59-55-51-47-43-38-28-24-20-16-12-8-4)69-97-79(89)57-53-49-45-41-37-27-23-19-15-11-7-3/h73-76,85-86H,5-72H2,1-4H3,(H,83,87)(H,84,88)(H,93,94)(H,95,96)/t73-,74-,75-,76-/m1/s1. The van der Waals surface area contributed by atoms with Gasteiger partial charge in [0.1, 0.15) is 13.2 Å². The van der Waals surface area contributed by atoms with E-state index in [4.69, 9.17) is 37.0 Å². The Balaban J connectivity index is 5.08. The largest absolute Gasteiger partial charge is 0.472 e. The molecule has 0 fully saturated rings. The number of unbranched alkanes of at least 4 members (excludes halogenated alkanes) is 48. The summed E-state index contributed by atoms with van der Waals surface area (Å²) < 4.78 is 69.0. The molecule has 0 aliphatic rings. The summed E-state index contributed by atoms with van der Waals surface area (Å²) in [7, 11) is -7.14. The molecule has 0 spiro atoms. The number of nitrogens with one attached hydrogen (secondary N) is 2. The summed E-state index contributed by atoms with van der Waals surface area (Å²) in [4.78, 5) is 98.5. The van der Waals surface area contributed by atoms with Crippen LogP contribution in [0.25, 0.3) is 0 Å². The van der Waals surface area contributed by atoms with Gasteiger partial charge in [0.25, 0.3) is 0 Å². The summed E-state index contributed by atoms with van der Waals surface area (Å²) in [6, 6.07) is -2.19. The van der Waals surface area contributed by atoms with Gasteiger partial charge in [0.15, 0.2) is 12.2 Å². The lowest BCUT2D eigenvalue weighted by Gasteiger charge is -2.21. The Morgan fingerprint density at radius 1 is 0.287 bits per heavy atom. The van der Waals surface area contributed by atoms with Crippen molar-refractivity contribution in [1.82, 2.24) is 10.6 Å². The van der Waals surface area contributed by atoms with Crippen molar-refractivity contribution in [3.8, 4) is 0 Å². The average Bonchev–Trinajstić information content (AvgIpc) is 0.905. The zero-order valence-corrected chi connectivity index (χ0v) is 71.8. The maximum atomic E-state index is 13.1. The van der Waals surface area contributed by atoms with Crippen LogP contribution < -0.4 is 10.6 Å². The minimum atomic E-state index is -4.86. The highest BCUT2D eigenvalue weighted by atomic mass is 33.1. The van der Waals surface area contributed by atoms with Gasteiger partial charge in [-0.1, -0.05) is 357 Å². The van der Waals surface area contributed by atoms with Gasteiger partial charge in [0.2, 0.25) is 11.8 Å². The molecule has 22 nitrogen and oxygen atoms in total. The van der Waals surface area contributed by atoms with Crippen molar-refractivity contribution in [1.29, 1.82) is 0 Å². The van der Waals surface area contributed by atoms with Gasteiger partial charge in [0.05, 0.1) is 51.7 Å². The van der Waals surface area contributed by atoms with Crippen LogP contribution in [0.3, 0.4) is 0 Å². The molecule has 0 aliphatic carbocycles. The molecule has 0 aromatic rings. The molecule has 0 heterocycles. The number of aliphatic hydroxyl groups excluding tert-OH is 2. The van der Waals surface area contributed by atoms with Crippen LogP contribution in [0.1, 0.15) is 400 Å². The van der Waals surface area contributed by atoms with Gasteiger partial charge in [-0.25, -0.2) is 9.13 Å². The van der Waals surface area contributed by atoms with Crippen LogP contribution in [0.2, 0.25) is 0 Å². The van der Waals surface area contributed by atoms with Gasteiger partial charge in [-0.15, -0.1) is 0 Å². The number of hydrogen-bond donors (Lipinski definition) is 6. The number of phosphoric ester groups is 2. The Hall–Kier alpha value is -2.34. The summed E-state index contributed by atoms with van der Waals surface area (Å²) >= 11 is 0. The number of amides is 2. The number of carbonyl (C=O) groups excluding carboxylic acids is 6. The lowest BCUT2D eigenvalue weighted by atomic mass is 10.0. The van der Waals surface area contributed by atoms with Gasteiger partial charge in [-0.05, 0) is 25.7 Å². The third kappa shape index (κ3) is 75.0. The Kier molecular flexibility index (Phi) is 76.8. The normalized spacial score (nSPS) is 13.8. The number of carbonyl (C=O) groups is 6. The predicted molar refractivity (Wildman–Crippen MR) is 439 cm³/mol. The Labute approximate surface area is 663 Å². The Morgan fingerprint density at radius 3 is 0.713 bits per heavy atom. The summed E-state index contributed by atoms with van der Waals surface area (Å²) in [6.07, 6.45) is 58.4. The van der Waals surface area contributed by atoms with Crippen molar-refractivity contribution < 1.29 is 94.9 Å². The van der Waals surface area contributed by atoms with Crippen LogP contribution in [-0.4, -0.2) is 144 Å². The predicted octanol–water partition coefficient (Wildman–Crippen LogP) is 21.2. The fraction of sp³-hybridized carbons (Fsp3) is 0.927. The SMILES string of the molecule is CCCCCCCCCCCCCCCCCC(=O)OC[C@H](COP(=O)(O)OC[C@@H](CO)NC(=O)CCSSCCC(=O)N[C@H](CO)COP(=O)(O)OC[C@@H](COC(=O)CCCCCCCCCCCCC)OC(=O)CCCCCCCCCCCCC)OC(=O)CCCCCCCCCCCCCCCCC. The first-order valence-corrected chi connectivity index (χ1v) is 48.9. The Bertz CT molecular complexity index is 2210. The summed E-state index contributed by atoms with van der Waals surface area (Å²) in [5.74, 6) is -2.50. The zero-order valence-electron chi connectivity index (χ0n) is 68.4. The lowest BCUT2D eigenvalue weighted by Crippen LogP contribution is -2.41. The molecule has 0 saturated carbocycles. The van der Waals surface area contributed by atoms with Gasteiger partial charge >= 0.3 is 39.5 Å². The summed E-state index contributed by atoms with van der Waals surface area (Å²) in [5.41, 5.74) is 0. The summed E-state index contributed by atoms with van der Waals surface area (Å²) in [6.45, 7) is 4.37. The van der Waals surface area contributed by atoms with Crippen LogP contribution in [-0.2, 0) is 74.9 Å². The first-order valence-electron chi connectivity index (χ1n) is 43.4. The van der Waals surface area contributed by atoms with Crippen LogP contribution in [0, 0.1) is 0 Å². The quantitative estimate of drug-likeness (QED) is 0.0108. The van der Waals surface area contributed by atoms with Crippen molar-refractivity contribution in [2.24, 2.45) is 0 Å². The van der Waals surface area contributed by atoms with Crippen molar-refractivity contribution >= 4 is 72.9 Å². The van der Waals surface area contributed by atoms with E-state index in [9.17, 15) is 57.9 Å². The molecule has 6 N–H and O–H groups in total. The van der Waals surface area contributed by atoms with Crippen molar-refractivity contribution in [3.63, 3.8) is 0 Å². The van der Waals surface area contributed by atoms with E-state index >= 15 is 0 Å². The van der Waals surface area contributed by atoms with E-state index < -0.39 is 115 Å². The van der Waals surface area contributed by atoms with E-state index in [0.717, 1.165) is 89.9 Å². The highest BCUT2D eigenvalue weighted by Crippen LogP contribution is 2.44. The highest BCUT2D eigenvalue weighted by Gasteiger charge is 2.30. The highest BCUT2D eigenvalue weighted by molar-refractivity contribution is 8.76. The number of phosphoric acid groups is 2. The van der Waals surface area contributed by atoms with Crippen molar-refractivity contribution in [2.45, 2.75) is 424 Å². The van der Waals surface area contributed by atoms with Gasteiger partial charge < -0.3 is 49.6 Å². The number of ether oxygens (including phenoxy) is 4. The number of esters is 4. The number of hydrogen-bond acceptors (Lipinski definition) is 20. The van der Waals surface area contributed by atoms with Crippen LogP contribution in [0.4, 0.5) is 0 Å². The van der Waals surface area contributed by atoms with Gasteiger partial charge in [-0.3, -0.25) is 46.9 Å². The molecule has 26 heteroatoms. The minimum Gasteiger partial charge on any atom is -0.462 e. The fourth-order valence-corrected chi connectivity index (χ4v) is 16.0. The minimum absolute atomic E-state index is 0.0291. The third-order valence-corrected chi connectivity index (χ3v) is 23.5. The molecule has 0 aliphatic heterocycles. The smallest absolute Gasteiger partial charge is 0.462 e. The maximum Gasteiger partial charge on any atom is 0.472 e. The van der Waals surface area contributed by atoms with Crippen LogP contribution >= 0.6 is 37.2 Å². The second kappa shape index (κ2) is 78.5. The number of rotatable bonds is 85. The van der Waals surface area contributed by atoms with Crippen LogP contribution in [0.15, 0.2) is 0 Å². The molecule has 2 amide bonds. The first-order chi connectivity index (χ1) is 52.4. The molecule has 108 heavy (non-hydrogen) atoms. The van der Waals surface area contributed by atoms with Crippen molar-refractivity contribution in [2.75, 3.05) is 64.4 Å². The van der Waals surface area contributed by atoms with Crippen LogP contribution in [0.5, 0.6) is 0 Å². The summed E-state index contributed by atoms with van der Waals surface area (Å²) in [5, 5.41) is 25.1. The average molecular weight is 1620 g/mol. The molecule has 0 rings (SSSR count). The molecule has 6 atom stereocenters. The van der Waals surface area contributed by atoms with E-state index in [1.807, 2.05) is 0 Å². The van der Waals surface area contributed by atoms with E-state index in [-0.39, 0.29) is 63.2 Å². The second-order valence-corrected chi connectivity index (χ2v) is 35.3. The molecular weight excluding hydrogens is 1460 g/mol. The molecular formula is C82H158N2O20P2S2. The topological polar surface area (TPSA) is 315 Å². The molecule has 0 aromatic heterocycles. The monoisotopic (exact) mass is 1620 g/mol. The van der Waals surface area contributed by atoms with Gasteiger partial charge in [0, 0.05) is 50.0 Å². The third-order valence-electron chi connectivity index (χ3n) is 19.2. The van der Waals surface area contributed by atoms with Crippen molar-refractivity contribution in [3.05, 3.63) is 0 Å². The molecule has 0 aromatic carbocycles. The fourth-order valence-electron chi connectivity index (χ4n) is 12.5.